The van der Waals surface area contributed by atoms with E-state index in [0.717, 1.165) is 36.9 Å². The van der Waals surface area contributed by atoms with Crippen LogP contribution in [-0.2, 0) is 14.3 Å². The van der Waals surface area contributed by atoms with Crippen molar-refractivity contribution in [2.45, 2.75) is 83.9 Å². The number of nitrogens with one attached hydrogen (secondary N) is 2. The fourth-order valence-corrected chi connectivity index (χ4v) is 3.97. The van der Waals surface area contributed by atoms with Crippen LogP contribution >= 0.6 is 0 Å². The van der Waals surface area contributed by atoms with Crippen molar-refractivity contribution in [2.24, 2.45) is 0 Å². The van der Waals surface area contributed by atoms with Crippen molar-refractivity contribution < 1.29 is 19.1 Å². The highest BCUT2D eigenvalue weighted by Gasteiger charge is 2.26. The monoisotopic (exact) mass is 401 g/mol. The number of rotatable bonds is 6. The zero-order valence-corrected chi connectivity index (χ0v) is 17.5. The highest BCUT2D eigenvalue weighted by atomic mass is 16.5. The van der Waals surface area contributed by atoms with E-state index in [2.05, 4.69) is 22.1 Å². The molecule has 3 amide bonds. The molecule has 2 fully saturated rings. The average Bonchev–Trinajstić information content (AvgIpc) is 3.46. The first-order valence-corrected chi connectivity index (χ1v) is 10.5. The molecule has 0 bridgehead atoms. The quantitative estimate of drug-likeness (QED) is 0.564. The summed E-state index contributed by atoms with van der Waals surface area (Å²) in [6.45, 7) is 5.55. The molecule has 3 rings (SSSR count). The van der Waals surface area contributed by atoms with Crippen LogP contribution in [0.2, 0.25) is 0 Å². The Balaban J connectivity index is 1.47. The summed E-state index contributed by atoms with van der Waals surface area (Å²) in [6, 6.07) is 2.19. The Morgan fingerprint density at radius 2 is 1.83 bits per heavy atom. The number of hydrogen-bond acceptors (Lipinski definition) is 4. The Labute approximate surface area is 171 Å². The van der Waals surface area contributed by atoms with Gasteiger partial charge in [-0.05, 0) is 64.2 Å². The normalized spacial score (nSPS) is 18.4. The van der Waals surface area contributed by atoms with E-state index in [1.807, 2.05) is 13.0 Å². The minimum Gasteiger partial charge on any atom is -0.449 e. The first kappa shape index (κ1) is 21.1. The molecule has 0 spiro atoms. The highest BCUT2D eigenvalue weighted by Crippen LogP contribution is 2.38. The van der Waals surface area contributed by atoms with Crippen LogP contribution in [0.4, 0.5) is 4.79 Å². The van der Waals surface area contributed by atoms with Gasteiger partial charge in [-0.15, -0.1) is 0 Å². The lowest BCUT2D eigenvalue weighted by Crippen LogP contribution is -2.48. The van der Waals surface area contributed by atoms with E-state index in [1.165, 1.54) is 38.0 Å². The predicted octanol–water partition coefficient (Wildman–Crippen LogP) is 3.54. The fraction of sp³-hybridized carbons (Fsp3) is 0.591. The first-order chi connectivity index (χ1) is 13.8. The minimum absolute atomic E-state index is 0.104. The second-order valence-electron chi connectivity index (χ2n) is 8.14. The Morgan fingerprint density at radius 1 is 1.14 bits per heavy atom. The van der Waals surface area contributed by atoms with Gasteiger partial charge in [0.25, 0.3) is 5.91 Å². The molecule has 0 radical (unpaired) electrons. The maximum atomic E-state index is 12.1. The van der Waals surface area contributed by atoms with Gasteiger partial charge < -0.3 is 14.6 Å². The molecule has 2 N–H and O–H groups in total. The molecule has 2 saturated carbocycles. The van der Waals surface area contributed by atoms with Crippen LogP contribution in [0.25, 0.3) is 6.08 Å². The summed E-state index contributed by atoms with van der Waals surface area (Å²) in [7, 11) is 0. The molecule has 2 aliphatic rings. The van der Waals surface area contributed by atoms with Crippen LogP contribution in [0.3, 0.4) is 0 Å². The SMILES string of the molecule is Cc1cc(/C=C/C(=O)O[C@@H](C)C(=O)NC(=O)NC2CCCCC2)c(C)n1C1CC1. The molecule has 0 aromatic carbocycles. The van der Waals surface area contributed by atoms with Gasteiger partial charge >= 0.3 is 12.0 Å². The van der Waals surface area contributed by atoms with Gasteiger partial charge in [-0.25, -0.2) is 9.59 Å². The Bertz CT molecular complexity index is 801. The number of imide groups is 1. The Kier molecular flexibility index (Phi) is 6.77. The lowest BCUT2D eigenvalue weighted by atomic mass is 9.96. The summed E-state index contributed by atoms with van der Waals surface area (Å²) >= 11 is 0. The lowest BCUT2D eigenvalue weighted by molar-refractivity contribution is -0.149. The van der Waals surface area contributed by atoms with E-state index in [4.69, 9.17) is 4.74 Å². The van der Waals surface area contributed by atoms with Gasteiger partial charge in [0.15, 0.2) is 6.10 Å². The third-order valence-electron chi connectivity index (χ3n) is 5.67. The van der Waals surface area contributed by atoms with Gasteiger partial charge in [-0.1, -0.05) is 19.3 Å². The molecular weight excluding hydrogens is 370 g/mol. The predicted molar refractivity (Wildman–Crippen MR) is 110 cm³/mol. The molecule has 1 aromatic heterocycles. The van der Waals surface area contributed by atoms with Crippen LogP contribution < -0.4 is 10.6 Å². The Hall–Kier alpha value is -2.57. The van der Waals surface area contributed by atoms with Crippen LogP contribution in [0.5, 0.6) is 0 Å². The molecule has 0 saturated heterocycles. The average molecular weight is 402 g/mol. The number of amides is 3. The molecule has 2 aliphatic carbocycles. The molecule has 0 aliphatic heterocycles. The molecule has 7 nitrogen and oxygen atoms in total. The number of aromatic nitrogens is 1. The molecule has 1 aromatic rings. The summed E-state index contributed by atoms with van der Waals surface area (Å²) in [4.78, 5) is 36.2. The topological polar surface area (TPSA) is 89.4 Å². The maximum Gasteiger partial charge on any atom is 0.331 e. The van der Waals surface area contributed by atoms with Gasteiger partial charge in [0.05, 0.1) is 0 Å². The summed E-state index contributed by atoms with van der Waals surface area (Å²) in [5.74, 6) is -1.25. The van der Waals surface area contributed by atoms with E-state index in [9.17, 15) is 14.4 Å². The molecule has 158 valence electrons. The zero-order chi connectivity index (χ0) is 21.0. The Morgan fingerprint density at radius 3 is 2.48 bits per heavy atom. The van der Waals surface area contributed by atoms with Crippen molar-refractivity contribution in [3.05, 3.63) is 29.1 Å². The van der Waals surface area contributed by atoms with Crippen molar-refractivity contribution >= 4 is 24.0 Å². The largest absolute Gasteiger partial charge is 0.449 e. The number of nitrogens with zero attached hydrogens (tertiary/aromatic N) is 1. The van der Waals surface area contributed by atoms with Crippen LogP contribution in [-0.4, -0.2) is 34.6 Å². The third-order valence-corrected chi connectivity index (χ3v) is 5.67. The summed E-state index contributed by atoms with van der Waals surface area (Å²) in [6.07, 6.45) is 9.59. The van der Waals surface area contributed by atoms with Gasteiger partial charge in [0, 0.05) is 29.5 Å². The van der Waals surface area contributed by atoms with E-state index < -0.39 is 24.0 Å². The van der Waals surface area contributed by atoms with Gasteiger partial charge in [0.2, 0.25) is 0 Å². The molecule has 29 heavy (non-hydrogen) atoms. The van der Waals surface area contributed by atoms with Gasteiger partial charge in [0.1, 0.15) is 0 Å². The number of carbonyl (C=O) groups is 3. The summed E-state index contributed by atoms with van der Waals surface area (Å²) < 4.78 is 7.43. The van der Waals surface area contributed by atoms with Crippen LogP contribution in [0.15, 0.2) is 12.1 Å². The number of hydrogen-bond donors (Lipinski definition) is 2. The number of ether oxygens (including phenoxy) is 1. The number of carbonyl (C=O) groups excluding carboxylic acids is 3. The van der Waals surface area contributed by atoms with E-state index in [-0.39, 0.29) is 6.04 Å². The van der Waals surface area contributed by atoms with Crippen molar-refractivity contribution in [1.82, 2.24) is 15.2 Å². The molecule has 7 heteroatoms. The van der Waals surface area contributed by atoms with Crippen molar-refractivity contribution in [3.63, 3.8) is 0 Å². The van der Waals surface area contributed by atoms with Crippen LogP contribution in [0.1, 0.15) is 74.9 Å². The standard InChI is InChI=1S/C22H31N3O4/c1-14-13-17(15(2)25(14)19-10-11-19)9-12-20(26)29-16(3)21(27)24-22(28)23-18-7-5-4-6-8-18/h9,12-13,16,18-19H,4-8,10-11H2,1-3H3,(H2,23,24,27,28)/b12-9+/t16-/m0/s1. The highest BCUT2D eigenvalue weighted by molar-refractivity contribution is 5.98. The zero-order valence-electron chi connectivity index (χ0n) is 17.5. The second kappa shape index (κ2) is 9.29. The summed E-state index contributed by atoms with van der Waals surface area (Å²) in [5, 5.41) is 5.06. The minimum atomic E-state index is -1.05. The van der Waals surface area contributed by atoms with Crippen molar-refractivity contribution in [3.8, 4) is 0 Å². The molecule has 0 unspecified atom stereocenters. The van der Waals surface area contributed by atoms with Gasteiger partial charge in [-0.2, -0.15) is 0 Å². The van der Waals surface area contributed by atoms with E-state index in [1.54, 1.807) is 6.08 Å². The van der Waals surface area contributed by atoms with E-state index >= 15 is 0 Å². The van der Waals surface area contributed by atoms with Crippen LogP contribution in [0, 0.1) is 13.8 Å². The molecular formula is C22H31N3O4. The first-order valence-electron chi connectivity index (χ1n) is 10.5. The van der Waals surface area contributed by atoms with Crippen molar-refractivity contribution in [2.75, 3.05) is 0 Å². The molecule has 1 atom stereocenters. The third kappa shape index (κ3) is 5.71. The number of esters is 1. The smallest absolute Gasteiger partial charge is 0.331 e. The van der Waals surface area contributed by atoms with Crippen molar-refractivity contribution in [1.29, 1.82) is 0 Å². The van der Waals surface area contributed by atoms with Gasteiger partial charge in [-0.3, -0.25) is 10.1 Å². The lowest BCUT2D eigenvalue weighted by Gasteiger charge is -2.23. The summed E-state index contributed by atoms with van der Waals surface area (Å²) in [5.41, 5.74) is 3.27. The fourth-order valence-electron chi connectivity index (χ4n) is 3.97. The van der Waals surface area contributed by atoms with E-state index in [0.29, 0.717) is 6.04 Å². The maximum absolute atomic E-state index is 12.1. The number of aryl methyl sites for hydroxylation is 1. The number of urea groups is 1. The molecule has 1 heterocycles. The second-order valence-corrected chi connectivity index (χ2v) is 8.14.